The van der Waals surface area contributed by atoms with Gasteiger partial charge in [-0.1, -0.05) is 23.8 Å². The summed E-state index contributed by atoms with van der Waals surface area (Å²) in [6.45, 7) is 5.90. The summed E-state index contributed by atoms with van der Waals surface area (Å²) >= 11 is 0. The monoisotopic (exact) mass is 283 g/mol. The Balaban J connectivity index is 1.92. The molecule has 1 unspecified atom stereocenters. The number of hydrogen-bond donors (Lipinski definition) is 2. The molecule has 1 heterocycles. The largest absolute Gasteiger partial charge is 0.325 e. The smallest absolute Gasteiger partial charge is 0.241 e. The van der Waals surface area contributed by atoms with Crippen molar-refractivity contribution in [1.29, 1.82) is 0 Å². The van der Waals surface area contributed by atoms with E-state index in [0.29, 0.717) is 0 Å². The van der Waals surface area contributed by atoms with Crippen molar-refractivity contribution >= 4 is 11.6 Å². The lowest BCUT2D eigenvalue weighted by Crippen LogP contribution is -2.39. The molecular weight excluding hydrogens is 262 g/mol. The molecule has 0 aliphatic rings. The number of nitrogens with one attached hydrogen (secondary N) is 2. The van der Waals surface area contributed by atoms with Crippen LogP contribution in [0.2, 0.25) is 0 Å². The number of aryl methyl sites for hydroxylation is 1. The molecule has 0 aliphatic carbocycles. The van der Waals surface area contributed by atoms with Gasteiger partial charge in [-0.15, -0.1) is 0 Å². The minimum atomic E-state index is -0.290. The van der Waals surface area contributed by atoms with E-state index in [1.807, 2.05) is 63.4 Å². The highest BCUT2D eigenvalue weighted by atomic mass is 16.2. The molecule has 0 radical (unpaired) electrons. The highest BCUT2D eigenvalue weighted by molar-refractivity contribution is 5.94. The third-order valence-electron chi connectivity index (χ3n) is 3.40. The Morgan fingerprint density at radius 1 is 1.14 bits per heavy atom. The van der Waals surface area contributed by atoms with E-state index in [1.165, 1.54) is 5.56 Å². The first kappa shape index (κ1) is 15.2. The van der Waals surface area contributed by atoms with Gasteiger partial charge in [-0.2, -0.15) is 0 Å². The summed E-state index contributed by atoms with van der Waals surface area (Å²) in [6, 6.07) is 11.4. The molecule has 1 amide bonds. The Bertz CT molecular complexity index is 581. The van der Waals surface area contributed by atoms with E-state index < -0.39 is 0 Å². The van der Waals surface area contributed by atoms with Gasteiger partial charge in [-0.05, 0) is 44.5 Å². The maximum Gasteiger partial charge on any atom is 0.241 e. The number of benzene rings is 1. The van der Waals surface area contributed by atoms with Crippen LogP contribution in [0, 0.1) is 6.92 Å². The summed E-state index contributed by atoms with van der Waals surface area (Å²) in [7, 11) is 0. The van der Waals surface area contributed by atoms with Crippen LogP contribution in [-0.2, 0) is 4.79 Å². The Morgan fingerprint density at radius 3 is 2.48 bits per heavy atom. The molecule has 2 N–H and O–H groups in total. The summed E-state index contributed by atoms with van der Waals surface area (Å²) in [4.78, 5) is 16.3. The molecule has 0 saturated heterocycles. The maximum absolute atomic E-state index is 12.2. The molecule has 2 aromatic rings. The first-order valence-electron chi connectivity index (χ1n) is 7.10. The van der Waals surface area contributed by atoms with Gasteiger partial charge >= 0.3 is 0 Å². The molecule has 1 aromatic carbocycles. The molecule has 4 heteroatoms. The van der Waals surface area contributed by atoms with E-state index in [1.54, 1.807) is 6.20 Å². The zero-order valence-electron chi connectivity index (χ0n) is 12.6. The van der Waals surface area contributed by atoms with Gasteiger partial charge in [0.05, 0.1) is 6.04 Å². The van der Waals surface area contributed by atoms with Crippen molar-refractivity contribution in [2.75, 3.05) is 5.32 Å². The van der Waals surface area contributed by atoms with Crippen LogP contribution >= 0.6 is 0 Å². The van der Waals surface area contributed by atoms with Crippen LogP contribution in [0.3, 0.4) is 0 Å². The van der Waals surface area contributed by atoms with E-state index in [0.717, 1.165) is 11.3 Å². The zero-order chi connectivity index (χ0) is 15.2. The topological polar surface area (TPSA) is 54.0 Å². The van der Waals surface area contributed by atoms with E-state index in [2.05, 4.69) is 15.6 Å². The third kappa shape index (κ3) is 4.39. The molecule has 21 heavy (non-hydrogen) atoms. The molecule has 2 atom stereocenters. The van der Waals surface area contributed by atoms with Gasteiger partial charge in [0.15, 0.2) is 0 Å². The van der Waals surface area contributed by atoms with Crippen molar-refractivity contribution in [1.82, 2.24) is 10.3 Å². The Morgan fingerprint density at radius 2 is 1.86 bits per heavy atom. The van der Waals surface area contributed by atoms with Crippen LogP contribution in [-0.4, -0.2) is 16.9 Å². The van der Waals surface area contributed by atoms with Crippen molar-refractivity contribution in [2.45, 2.75) is 32.9 Å². The SMILES string of the molecule is Cc1ccc(NC(=O)C(C)N[C@@H](C)c2cccnc2)cc1. The van der Waals surface area contributed by atoms with Crippen molar-refractivity contribution in [3.8, 4) is 0 Å². The van der Waals surface area contributed by atoms with E-state index >= 15 is 0 Å². The van der Waals surface area contributed by atoms with Crippen molar-refractivity contribution in [2.24, 2.45) is 0 Å². The number of nitrogens with zero attached hydrogens (tertiary/aromatic N) is 1. The van der Waals surface area contributed by atoms with Crippen LogP contribution in [0.4, 0.5) is 5.69 Å². The summed E-state index contributed by atoms with van der Waals surface area (Å²) in [5, 5.41) is 6.18. The molecular formula is C17H21N3O. The van der Waals surface area contributed by atoms with Gasteiger partial charge < -0.3 is 5.32 Å². The molecule has 0 bridgehead atoms. The Hall–Kier alpha value is -2.20. The van der Waals surface area contributed by atoms with E-state index in [-0.39, 0.29) is 18.0 Å². The fourth-order valence-corrected chi connectivity index (χ4v) is 2.07. The van der Waals surface area contributed by atoms with Crippen molar-refractivity contribution < 1.29 is 4.79 Å². The zero-order valence-corrected chi connectivity index (χ0v) is 12.6. The second-order valence-corrected chi connectivity index (χ2v) is 5.25. The minimum Gasteiger partial charge on any atom is -0.325 e. The standard InChI is InChI=1S/C17H21N3O/c1-12-6-8-16(9-7-12)20-17(21)14(3)19-13(2)15-5-4-10-18-11-15/h4-11,13-14,19H,1-3H3,(H,20,21)/t13-,14?/m0/s1. The predicted octanol–water partition coefficient (Wildman–Crippen LogP) is 3.07. The second-order valence-electron chi connectivity index (χ2n) is 5.25. The van der Waals surface area contributed by atoms with Crippen LogP contribution < -0.4 is 10.6 Å². The molecule has 1 aromatic heterocycles. The van der Waals surface area contributed by atoms with Crippen molar-refractivity contribution in [3.63, 3.8) is 0 Å². The first-order valence-corrected chi connectivity index (χ1v) is 7.10. The lowest BCUT2D eigenvalue weighted by atomic mass is 10.1. The number of rotatable bonds is 5. The minimum absolute atomic E-state index is 0.0467. The van der Waals surface area contributed by atoms with Crippen LogP contribution in [0.5, 0.6) is 0 Å². The highest BCUT2D eigenvalue weighted by Gasteiger charge is 2.16. The lowest BCUT2D eigenvalue weighted by Gasteiger charge is -2.19. The molecule has 0 spiro atoms. The number of carbonyl (C=O) groups excluding carboxylic acids is 1. The number of aromatic nitrogens is 1. The van der Waals surface area contributed by atoms with Crippen LogP contribution in [0.15, 0.2) is 48.8 Å². The van der Waals surface area contributed by atoms with Crippen molar-refractivity contribution in [3.05, 3.63) is 59.9 Å². The highest BCUT2D eigenvalue weighted by Crippen LogP contribution is 2.12. The van der Waals surface area contributed by atoms with Gasteiger partial charge in [0.2, 0.25) is 5.91 Å². The summed E-state index contributed by atoms with van der Waals surface area (Å²) < 4.78 is 0. The number of anilines is 1. The average Bonchev–Trinajstić information content (AvgIpc) is 2.50. The second kappa shape index (κ2) is 6.99. The third-order valence-corrected chi connectivity index (χ3v) is 3.40. The number of pyridine rings is 1. The molecule has 0 fully saturated rings. The number of hydrogen-bond acceptors (Lipinski definition) is 3. The number of carbonyl (C=O) groups is 1. The van der Waals surface area contributed by atoms with Gasteiger partial charge in [0.25, 0.3) is 0 Å². The fourth-order valence-electron chi connectivity index (χ4n) is 2.07. The predicted molar refractivity (Wildman–Crippen MR) is 85.1 cm³/mol. The van der Waals surface area contributed by atoms with Gasteiger partial charge in [-0.3, -0.25) is 15.1 Å². The van der Waals surface area contributed by atoms with E-state index in [4.69, 9.17) is 0 Å². The lowest BCUT2D eigenvalue weighted by molar-refractivity contribution is -0.117. The normalized spacial score (nSPS) is 13.5. The summed E-state index contributed by atoms with van der Waals surface area (Å²) in [5.74, 6) is -0.0467. The summed E-state index contributed by atoms with van der Waals surface area (Å²) in [5.41, 5.74) is 3.05. The summed E-state index contributed by atoms with van der Waals surface area (Å²) in [6.07, 6.45) is 3.55. The van der Waals surface area contributed by atoms with Crippen LogP contribution in [0.1, 0.15) is 31.0 Å². The van der Waals surface area contributed by atoms with E-state index in [9.17, 15) is 4.79 Å². The average molecular weight is 283 g/mol. The molecule has 4 nitrogen and oxygen atoms in total. The van der Waals surface area contributed by atoms with Gasteiger partial charge in [0.1, 0.15) is 0 Å². The molecule has 0 aliphatic heterocycles. The quantitative estimate of drug-likeness (QED) is 0.886. The first-order chi connectivity index (χ1) is 10.1. The van der Waals surface area contributed by atoms with Gasteiger partial charge in [0, 0.05) is 24.1 Å². The van der Waals surface area contributed by atoms with Gasteiger partial charge in [-0.25, -0.2) is 0 Å². The number of amides is 1. The Kier molecular flexibility index (Phi) is 5.06. The van der Waals surface area contributed by atoms with Crippen LogP contribution in [0.25, 0.3) is 0 Å². The fraction of sp³-hybridized carbons (Fsp3) is 0.294. The molecule has 110 valence electrons. The maximum atomic E-state index is 12.2. The Labute approximate surface area is 125 Å². The molecule has 0 saturated carbocycles. The molecule has 2 rings (SSSR count).